The second-order valence-electron chi connectivity index (χ2n) is 19.8. The van der Waals surface area contributed by atoms with Gasteiger partial charge in [-0.1, -0.05) is 178 Å². The number of phosphoric ester groups is 2. The Balaban J connectivity index is 4.71. The summed E-state index contributed by atoms with van der Waals surface area (Å²) in [5.41, 5.74) is 0. The first kappa shape index (κ1) is 74.2. The molecule has 0 aliphatic carbocycles. The van der Waals surface area contributed by atoms with Crippen molar-refractivity contribution in [1.29, 1.82) is 0 Å². The number of aliphatic hydroxyl groups excluding tert-OH is 2. The minimum atomic E-state index is -4.92. The van der Waals surface area contributed by atoms with Gasteiger partial charge in [-0.25, -0.2) is 9.13 Å². The summed E-state index contributed by atoms with van der Waals surface area (Å²) in [7, 11) is -9.76. The third-order valence-electron chi connectivity index (χ3n) is 12.2. The molecule has 77 heavy (non-hydrogen) atoms. The van der Waals surface area contributed by atoms with Gasteiger partial charge in [0.15, 0.2) is 6.10 Å². The summed E-state index contributed by atoms with van der Waals surface area (Å²) in [5, 5.41) is 20.4. The van der Waals surface area contributed by atoms with E-state index in [1.165, 1.54) is 44.9 Å². The lowest BCUT2D eigenvalue weighted by molar-refractivity contribution is -0.161. The molecule has 18 heteroatoms. The molecule has 0 aliphatic rings. The Kier molecular flexibility index (Phi) is 51.9. The van der Waals surface area contributed by atoms with E-state index in [0.717, 1.165) is 135 Å². The van der Waals surface area contributed by atoms with Crippen molar-refractivity contribution in [2.75, 3.05) is 39.6 Å². The highest BCUT2D eigenvalue weighted by Gasteiger charge is 2.29. The van der Waals surface area contributed by atoms with Crippen LogP contribution in [0.1, 0.15) is 239 Å². The zero-order valence-corrected chi connectivity index (χ0v) is 49.7. The first-order valence-electron chi connectivity index (χ1n) is 29.6. The van der Waals surface area contributed by atoms with Crippen molar-refractivity contribution in [2.45, 2.75) is 257 Å². The van der Waals surface area contributed by atoms with Crippen LogP contribution < -0.4 is 0 Å². The number of unbranched alkanes of at least 4 members (excludes halogenated alkanes) is 23. The Morgan fingerprint density at radius 1 is 0.364 bits per heavy atom. The molecule has 5 unspecified atom stereocenters. The Bertz CT molecular complexity index is 1670. The maximum Gasteiger partial charge on any atom is 0.472 e. The standard InChI is InChI=1S/C59H106O16P2/c1-4-7-10-13-16-19-22-25-26-29-31-33-36-39-42-45-57(62)69-48-54(60)49-71-76(65,66)72-50-55(61)51-73-77(67,68)74-53-56(75-59(64)47-44-41-38-35-32-28-24-21-18-15-12-9-6-3)52-70-58(63)46-43-40-37-34-30-27-23-20-17-14-11-8-5-2/h11,14,16,19-21,23-26,54-56,60-61H,4-10,12-13,15,17-18,22,27-53H2,1-3H3,(H,65,66)(H,67,68)/b14-11-,19-16-,23-20-,24-21-,26-25-. The Labute approximate surface area is 465 Å². The molecular formula is C59H106O16P2. The third kappa shape index (κ3) is 55.0. The largest absolute Gasteiger partial charge is 0.472 e. The topological polar surface area (TPSA) is 231 Å². The molecule has 5 atom stereocenters. The van der Waals surface area contributed by atoms with Crippen molar-refractivity contribution in [1.82, 2.24) is 0 Å². The lowest BCUT2D eigenvalue weighted by atomic mass is 10.1. The molecule has 16 nitrogen and oxygen atoms in total. The van der Waals surface area contributed by atoms with Crippen molar-refractivity contribution in [2.24, 2.45) is 0 Å². The Morgan fingerprint density at radius 2 is 0.675 bits per heavy atom. The molecule has 0 aliphatic heterocycles. The van der Waals surface area contributed by atoms with Crippen molar-refractivity contribution < 1.29 is 75.8 Å². The number of hydrogen-bond donors (Lipinski definition) is 4. The number of esters is 3. The minimum absolute atomic E-state index is 0.0927. The van der Waals surface area contributed by atoms with Gasteiger partial charge in [0.25, 0.3) is 0 Å². The first-order chi connectivity index (χ1) is 37.2. The fourth-order valence-corrected chi connectivity index (χ4v) is 9.16. The molecule has 0 spiro atoms. The van der Waals surface area contributed by atoms with Gasteiger partial charge >= 0.3 is 33.6 Å². The molecule has 4 N–H and O–H groups in total. The zero-order valence-electron chi connectivity index (χ0n) is 47.9. The van der Waals surface area contributed by atoms with Crippen molar-refractivity contribution >= 4 is 33.6 Å². The van der Waals surface area contributed by atoms with Gasteiger partial charge in [0, 0.05) is 19.3 Å². The summed E-state index contributed by atoms with van der Waals surface area (Å²) in [4.78, 5) is 58.0. The molecule has 0 bridgehead atoms. The van der Waals surface area contributed by atoms with Gasteiger partial charge in [0.1, 0.15) is 25.4 Å². The SMILES string of the molecule is CCC/C=C\C/C=C\CCCCCCCC(=O)OCC(COP(=O)(O)OCC(O)COP(=O)(O)OCC(O)COC(=O)CCCCCCC/C=C\C/C=C\CCCCC)OC(=O)CCCCCCC/C=C\CCCCCC. The highest BCUT2D eigenvalue weighted by Crippen LogP contribution is 2.45. The highest BCUT2D eigenvalue weighted by molar-refractivity contribution is 7.47. The molecule has 0 amide bonds. The highest BCUT2D eigenvalue weighted by atomic mass is 31.2. The van der Waals surface area contributed by atoms with E-state index in [-0.39, 0.29) is 19.3 Å². The van der Waals surface area contributed by atoms with E-state index >= 15 is 0 Å². The van der Waals surface area contributed by atoms with Gasteiger partial charge in [-0.2, -0.15) is 0 Å². The van der Waals surface area contributed by atoms with Crippen LogP contribution in [0.5, 0.6) is 0 Å². The molecule has 0 aromatic heterocycles. The van der Waals surface area contributed by atoms with Gasteiger partial charge in [-0.05, 0) is 103 Å². The van der Waals surface area contributed by atoms with E-state index in [9.17, 15) is 43.5 Å². The Morgan fingerprint density at radius 3 is 1.10 bits per heavy atom. The normalized spacial score (nSPS) is 14.9. The van der Waals surface area contributed by atoms with E-state index in [2.05, 4.69) is 81.5 Å². The van der Waals surface area contributed by atoms with E-state index < -0.39 is 91.5 Å². The van der Waals surface area contributed by atoms with E-state index in [0.29, 0.717) is 19.3 Å². The van der Waals surface area contributed by atoms with Gasteiger partial charge in [0.05, 0.1) is 26.4 Å². The quantitative estimate of drug-likeness (QED) is 0.0146. The van der Waals surface area contributed by atoms with Gasteiger partial charge in [-0.3, -0.25) is 32.5 Å². The van der Waals surface area contributed by atoms with Crippen molar-refractivity contribution in [3.05, 3.63) is 60.8 Å². The maximum atomic E-state index is 12.8. The van der Waals surface area contributed by atoms with E-state index in [1.54, 1.807) is 0 Å². The number of ether oxygens (including phenoxy) is 3. The van der Waals surface area contributed by atoms with Crippen LogP contribution in [0.25, 0.3) is 0 Å². The molecule has 0 saturated carbocycles. The summed E-state index contributed by atoms with van der Waals surface area (Å²) in [6.07, 6.45) is 50.1. The fourth-order valence-electron chi connectivity index (χ4n) is 7.57. The average molecular weight is 1130 g/mol. The molecule has 0 fully saturated rings. The predicted molar refractivity (Wildman–Crippen MR) is 307 cm³/mol. The fraction of sp³-hybridized carbons (Fsp3) is 0.780. The number of carbonyl (C=O) groups is 3. The molecule has 0 aromatic carbocycles. The predicted octanol–water partition coefficient (Wildman–Crippen LogP) is 15.1. The molecule has 0 rings (SSSR count). The summed E-state index contributed by atoms with van der Waals surface area (Å²) in [6.45, 7) is 2.49. The van der Waals surface area contributed by atoms with Crippen LogP contribution in [0.2, 0.25) is 0 Å². The summed E-state index contributed by atoms with van der Waals surface area (Å²) >= 11 is 0. The van der Waals surface area contributed by atoms with Crippen molar-refractivity contribution in [3.8, 4) is 0 Å². The third-order valence-corrected chi connectivity index (χ3v) is 14.1. The summed E-state index contributed by atoms with van der Waals surface area (Å²) in [5.74, 6) is -1.61. The number of rotatable bonds is 56. The number of hydrogen-bond acceptors (Lipinski definition) is 14. The van der Waals surface area contributed by atoms with Gasteiger partial charge in [0.2, 0.25) is 0 Å². The van der Waals surface area contributed by atoms with Crippen LogP contribution in [0.3, 0.4) is 0 Å². The molecule has 448 valence electrons. The van der Waals surface area contributed by atoms with Crippen LogP contribution in [-0.2, 0) is 55.8 Å². The van der Waals surface area contributed by atoms with Crippen LogP contribution in [0.4, 0.5) is 0 Å². The van der Waals surface area contributed by atoms with Crippen molar-refractivity contribution in [3.63, 3.8) is 0 Å². The number of aliphatic hydroxyl groups is 2. The van der Waals surface area contributed by atoms with Gasteiger partial charge in [-0.15, -0.1) is 0 Å². The van der Waals surface area contributed by atoms with E-state index in [1.807, 2.05) is 0 Å². The van der Waals surface area contributed by atoms with Crippen LogP contribution in [0.15, 0.2) is 60.8 Å². The second-order valence-corrected chi connectivity index (χ2v) is 22.7. The van der Waals surface area contributed by atoms with Gasteiger partial charge < -0.3 is 34.2 Å². The smallest absolute Gasteiger partial charge is 0.463 e. The van der Waals surface area contributed by atoms with Crippen LogP contribution in [0, 0.1) is 0 Å². The zero-order chi connectivity index (χ0) is 56.8. The first-order valence-corrected chi connectivity index (χ1v) is 32.6. The lowest BCUT2D eigenvalue weighted by Gasteiger charge is -2.21. The molecule has 0 radical (unpaired) electrons. The number of allylic oxidation sites excluding steroid dienone is 10. The summed E-state index contributed by atoms with van der Waals surface area (Å²) in [6, 6.07) is 0. The molecule has 0 saturated heterocycles. The Hall–Kier alpha value is -2.75. The van der Waals surface area contributed by atoms with Crippen LogP contribution in [-0.4, -0.2) is 95.9 Å². The molecule has 0 heterocycles. The van der Waals surface area contributed by atoms with E-state index in [4.69, 9.17) is 32.3 Å². The molecule has 0 aromatic rings. The molecular weight excluding hydrogens is 1030 g/mol. The number of phosphoric acid groups is 2. The van der Waals surface area contributed by atoms with Crippen LogP contribution >= 0.6 is 15.6 Å². The monoisotopic (exact) mass is 1130 g/mol. The maximum absolute atomic E-state index is 12.8. The average Bonchev–Trinajstić information content (AvgIpc) is 3.40. The number of carbonyl (C=O) groups excluding carboxylic acids is 3. The second kappa shape index (κ2) is 53.9. The summed E-state index contributed by atoms with van der Waals surface area (Å²) < 4.78 is 60.5. The lowest BCUT2D eigenvalue weighted by Crippen LogP contribution is -2.30. The minimum Gasteiger partial charge on any atom is -0.463 e.